The van der Waals surface area contributed by atoms with Gasteiger partial charge in [-0.15, -0.1) is 11.6 Å². The van der Waals surface area contributed by atoms with Gasteiger partial charge in [0, 0.05) is 0 Å². The second-order valence-corrected chi connectivity index (χ2v) is 3.54. The molecule has 0 bridgehead atoms. The molecule has 0 amide bonds. The van der Waals surface area contributed by atoms with Crippen molar-refractivity contribution in [1.82, 2.24) is 4.72 Å². The molecule has 0 saturated heterocycles. The van der Waals surface area contributed by atoms with Crippen molar-refractivity contribution in [2.24, 2.45) is 0 Å². The van der Waals surface area contributed by atoms with Crippen LogP contribution in [0.25, 0.3) is 0 Å². The molecule has 3 nitrogen and oxygen atoms in total. The summed E-state index contributed by atoms with van der Waals surface area (Å²) in [6.45, 7) is 1.55. The van der Waals surface area contributed by atoms with E-state index in [1.54, 1.807) is 6.92 Å². The van der Waals surface area contributed by atoms with E-state index in [4.69, 9.17) is 11.6 Å². The second kappa shape index (κ2) is 3.27. The van der Waals surface area contributed by atoms with Crippen LogP contribution in [0, 0.1) is 0 Å². The first-order valence-corrected chi connectivity index (χ1v) is 4.34. The summed E-state index contributed by atoms with van der Waals surface area (Å²) in [4.78, 5) is 0. The number of sulfonamides is 1. The van der Waals surface area contributed by atoms with Gasteiger partial charge in [-0.1, -0.05) is 0 Å². The van der Waals surface area contributed by atoms with Crippen LogP contribution in [0.15, 0.2) is 0 Å². The van der Waals surface area contributed by atoms with E-state index in [0.29, 0.717) is 0 Å². The van der Waals surface area contributed by atoms with Gasteiger partial charge >= 0.3 is 0 Å². The van der Waals surface area contributed by atoms with Crippen molar-refractivity contribution < 1.29 is 8.42 Å². The third kappa shape index (κ3) is 3.23. The molecule has 0 aliphatic rings. The van der Waals surface area contributed by atoms with Crippen LogP contribution >= 0.6 is 11.6 Å². The Morgan fingerprint density at radius 2 is 2.12 bits per heavy atom. The number of hydrogen-bond donors (Lipinski definition) is 1. The summed E-state index contributed by atoms with van der Waals surface area (Å²) in [6.07, 6.45) is 0. The molecule has 0 fully saturated rings. The minimum Gasteiger partial charge on any atom is -0.212 e. The molecule has 0 spiro atoms. The fourth-order valence-corrected chi connectivity index (χ4v) is 1.05. The topological polar surface area (TPSA) is 46.2 Å². The van der Waals surface area contributed by atoms with E-state index in [1.807, 2.05) is 0 Å². The normalized spacial score (nSPS) is 11.8. The molecule has 0 atom stereocenters. The van der Waals surface area contributed by atoms with Gasteiger partial charge in [-0.3, -0.25) is 0 Å². The monoisotopic (exact) mass is 157 g/mol. The summed E-state index contributed by atoms with van der Waals surface area (Å²) in [5.74, 6) is 0.0831. The van der Waals surface area contributed by atoms with E-state index in [1.165, 1.54) is 0 Å². The summed E-state index contributed by atoms with van der Waals surface area (Å²) in [5.41, 5.74) is 0. The molecule has 0 rings (SSSR count). The first-order chi connectivity index (χ1) is 3.62. The lowest BCUT2D eigenvalue weighted by atomic mass is 11.0. The predicted octanol–water partition coefficient (Wildman–Crippen LogP) is 0.122. The minimum atomic E-state index is -3.05. The van der Waals surface area contributed by atoms with Gasteiger partial charge in [-0.05, 0) is 6.92 Å². The van der Waals surface area contributed by atoms with Crippen molar-refractivity contribution in [2.45, 2.75) is 6.92 Å². The molecule has 0 heterocycles. The molecule has 50 valence electrons. The Labute approximate surface area is 54.1 Å². The Morgan fingerprint density at radius 1 is 1.62 bits per heavy atom. The van der Waals surface area contributed by atoms with Crippen LogP contribution in [0.4, 0.5) is 0 Å². The number of rotatable bonds is 3. The lowest BCUT2D eigenvalue weighted by Gasteiger charge is -1.95. The van der Waals surface area contributed by atoms with Gasteiger partial charge in [0.25, 0.3) is 0 Å². The lowest BCUT2D eigenvalue weighted by Crippen LogP contribution is -2.23. The largest absolute Gasteiger partial charge is 0.212 e. The van der Waals surface area contributed by atoms with E-state index in [9.17, 15) is 8.42 Å². The van der Waals surface area contributed by atoms with Gasteiger partial charge in [0.05, 0.1) is 11.8 Å². The zero-order chi connectivity index (χ0) is 6.62. The standard InChI is InChI=1S/C3H8ClNO2S/c1-2-8(6,7)5-3-4/h5H,2-3H2,1H3. The highest BCUT2D eigenvalue weighted by Gasteiger charge is 2.01. The van der Waals surface area contributed by atoms with Crippen molar-refractivity contribution >= 4 is 21.6 Å². The lowest BCUT2D eigenvalue weighted by molar-refractivity contribution is 0.588. The summed E-state index contributed by atoms with van der Waals surface area (Å²) in [6, 6.07) is -0.0455. The average molecular weight is 158 g/mol. The molecule has 1 N–H and O–H groups in total. The first-order valence-electron chi connectivity index (χ1n) is 2.15. The quantitative estimate of drug-likeness (QED) is 0.468. The zero-order valence-corrected chi connectivity index (χ0v) is 6.09. The Hall–Kier alpha value is 0.200. The molecular weight excluding hydrogens is 150 g/mol. The highest BCUT2D eigenvalue weighted by Crippen LogP contribution is 1.81. The predicted molar refractivity (Wildman–Crippen MR) is 33.3 cm³/mol. The van der Waals surface area contributed by atoms with Crippen LogP contribution in [0.2, 0.25) is 0 Å². The van der Waals surface area contributed by atoms with Gasteiger partial charge in [-0.25, -0.2) is 13.1 Å². The molecule has 0 unspecified atom stereocenters. The van der Waals surface area contributed by atoms with Gasteiger partial charge in [0.15, 0.2) is 0 Å². The Balaban J connectivity index is 3.76. The van der Waals surface area contributed by atoms with Crippen molar-refractivity contribution in [1.29, 1.82) is 0 Å². The average Bonchev–Trinajstić information content (AvgIpc) is 1.67. The molecule has 0 aliphatic carbocycles. The first kappa shape index (κ1) is 8.20. The van der Waals surface area contributed by atoms with E-state index in [-0.39, 0.29) is 11.8 Å². The Bertz CT molecular complexity index is 141. The molecular formula is C3H8ClNO2S. The molecule has 5 heteroatoms. The summed E-state index contributed by atoms with van der Waals surface area (Å²) < 4.78 is 22.9. The van der Waals surface area contributed by atoms with Crippen molar-refractivity contribution in [3.8, 4) is 0 Å². The fourth-order valence-electron chi connectivity index (χ4n) is 0.185. The maximum Gasteiger partial charge on any atom is 0.212 e. The second-order valence-electron chi connectivity index (χ2n) is 1.18. The Kier molecular flexibility index (Phi) is 3.35. The SMILES string of the molecule is CCS(=O)(=O)NCCl. The van der Waals surface area contributed by atoms with Crippen LogP contribution in [-0.2, 0) is 10.0 Å². The molecule has 0 aromatic carbocycles. The van der Waals surface area contributed by atoms with Crippen molar-refractivity contribution in [3.63, 3.8) is 0 Å². The fraction of sp³-hybridized carbons (Fsp3) is 1.00. The van der Waals surface area contributed by atoms with Gasteiger partial charge in [0.2, 0.25) is 10.0 Å². The number of alkyl halides is 1. The van der Waals surface area contributed by atoms with Crippen LogP contribution in [0.3, 0.4) is 0 Å². The van der Waals surface area contributed by atoms with Gasteiger partial charge < -0.3 is 0 Å². The van der Waals surface area contributed by atoms with Crippen molar-refractivity contribution in [3.05, 3.63) is 0 Å². The van der Waals surface area contributed by atoms with Crippen molar-refractivity contribution in [2.75, 3.05) is 11.8 Å². The number of halogens is 1. The number of nitrogens with one attached hydrogen (secondary N) is 1. The van der Waals surface area contributed by atoms with Crippen LogP contribution < -0.4 is 4.72 Å². The number of hydrogen-bond acceptors (Lipinski definition) is 2. The van der Waals surface area contributed by atoms with E-state index in [2.05, 4.69) is 4.72 Å². The Morgan fingerprint density at radius 3 is 2.25 bits per heavy atom. The summed E-state index contributed by atoms with van der Waals surface area (Å²) in [7, 11) is -3.05. The van der Waals surface area contributed by atoms with Gasteiger partial charge in [-0.2, -0.15) is 0 Å². The molecule has 0 radical (unpaired) electrons. The maximum atomic E-state index is 10.4. The van der Waals surface area contributed by atoms with Gasteiger partial charge in [0.1, 0.15) is 0 Å². The third-order valence-electron chi connectivity index (χ3n) is 0.655. The van der Waals surface area contributed by atoms with Crippen LogP contribution in [-0.4, -0.2) is 20.2 Å². The maximum absolute atomic E-state index is 10.4. The molecule has 0 aromatic heterocycles. The van der Waals surface area contributed by atoms with Crippen LogP contribution in [0.1, 0.15) is 6.92 Å². The highest BCUT2D eigenvalue weighted by molar-refractivity contribution is 7.89. The van der Waals surface area contributed by atoms with E-state index < -0.39 is 10.0 Å². The molecule has 0 aromatic rings. The molecule has 8 heavy (non-hydrogen) atoms. The molecule has 0 aliphatic heterocycles. The smallest absolute Gasteiger partial charge is 0.212 e. The van der Waals surface area contributed by atoms with Crippen LogP contribution in [0.5, 0.6) is 0 Å². The highest BCUT2D eigenvalue weighted by atomic mass is 35.5. The van der Waals surface area contributed by atoms with E-state index in [0.717, 1.165) is 0 Å². The summed E-state index contributed by atoms with van der Waals surface area (Å²) >= 11 is 5.07. The summed E-state index contributed by atoms with van der Waals surface area (Å²) in [5, 5.41) is 0. The minimum absolute atomic E-state index is 0.0455. The third-order valence-corrected chi connectivity index (χ3v) is 2.29. The van der Waals surface area contributed by atoms with E-state index >= 15 is 0 Å². The zero-order valence-electron chi connectivity index (χ0n) is 4.52. The molecule has 0 saturated carbocycles.